The zero-order valence-electron chi connectivity index (χ0n) is 84.9. The van der Waals surface area contributed by atoms with Gasteiger partial charge in [-0.1, -0.05) is 335 Å². The Balaban J connectivity index is 0.000000179. The van der Waals surface area contributed by atoms with Crippen LogP contribution in [0.1, 0.15) is 264 Å². The third-order valence-corrected chi connectivity index (χ3v) is 24.0. The zero-order chi connectivity index (χ0) is 102. The third-order valence-electron chi connectivity index (χ3n) is 23.7. The van der Waals surface area contributed by atoms with Crippen LogP contribution in [0, 0.1) is 32.5 Å². The lowest BCUT2D eigenvalue weighted by molar-refractivity contribution is 0.364. The Bertz CT molecular complexity index is 6650. The molecule has 21 heteroatoms. The van der Waals surface area contributed by atoms with Crippen LogP contribution in [0.2, 0.25) is 5.15 Å². The Labute approximate surface area is 829 Å². The van der Waals surface area contributed by atoms with Crippen molar-refractivity contribution in [2.45, 2.75) is 231 Å². The number of rotatable bonds is 25. The van der Waals surface area contributed by atoms with E-state index in [1.54, 1.807) is 68.1 Å². The lowest BCUT2D eigenvalue weighted by Crippen LogP contribution is -2.22. The summed E-state index contributed by atoms with van der Waals surface area (Å²) in [6.07, 6.45) is 15.4. The number of pyridine rings is 5. The Morgan fingerprint density at radius 1 is 0.300 bits per heavy atom. The second-order valence-corrected chi connectivity index (χ2v) is 38.0. The van der Waals surface area contributed by atoms with Crippen LogP contribution < -0.4 is 38.1 Å². The van der Waals surface area contributed by atoms with Gasteiger partial charge in [-0.3, -0.25) is 47.6 Å². The third kappa shape index (κ3) is 35.3. The van der Waals surface area contributed by atoms with Crippen molar-refractivity contribution in [3.63, 3.8) is 0 Å². The SMILES string of the molecule is CC(C)c1ccc(Cn2c(Cl)cccc2=O)cc1.CC(C)c1ccc(Cn2c(F)cccc2=O)cc1.CC(C)c1ccc(Cn2cc(F)ccc2=O)cc1.CC(C)c1ccc(Cn2ccccc2=O)cc1.CC(C)c1ccc(Cn2ccncc2=O)cc1.COc1c(C)cnn1Cc1ccc(C(C)C)cc1.Cc1ccn(Cc2ccc(C(C)C)cc2)c(=O)c1.Cc1cnn(Cc2ccc(C(C)C)cc2)c1. The summed E-state index contributed by atoms with van der Waals surface area (Å²) in [7, 11) is 1.68. The van der Waals surface area contributed by atoms with Gasteiger partial charge in [0.25, 0.3) is 33.4 Å². The topological polar surface area (TPSA) is 190 Å². The van der Waals surface area contributed by atoms with Crippen molar-refractivity contribution in [3.8, 4) is 5.88 Å². The van der Waals surface area contributed by atoms with Gasteiger partial charge in [-0.2, -0.15) is 14.6 Å². The predicted octanol–water partition coefficient (Wildman–Crippen LogP) is 25.5. The Morgan fingerprint density at radius 2 is 0.650 bits per heavy atom. The van der Waals surface area contributed by atoms with Crippen LogP contribution >= 0.6 is 11.6 Å². The number of aryl methyl sites for hydroxylation is 3. The molecule has 8 aromatic heterocycles. The number of hydrogen-bond acceptors (Lipinski definition) is 10. The summed E-state index contributed by atoms with van der Waals surface area (Å²) in [5, 5.41) is 9.08. The quantitative estimate of drug-likeness (QED) is 0.0498. The Kier molecular flexibility index (Phi) is 42.8. The summed E-state index contributed by atoms with van der Waals surface area (Å²) in [6, 6.07) is 87.3. The molecule has 0 N–H and O–H groups in total. The van der Waals surface area contributed by atoms with Crippen molar-refractivity contribution in [1.29, 1.82) is 0 Å². The van der Waals surface area contributed by atoms with E-state index in [1.807, 2.05) is 121 Å². The van der Waals surface area contributed by atoms with Crippen LogP contribution in [0.4, 0.5) is 8.78 Å². The lowest BCUT2D eigenvalue weighted by atomic mass is 10.0. The van der Waals surface area contributed by atoms with E-state index in [0.29, 0.717) is 85.2 Å². The molecule has 16 rings (SSSR count). The summed E-state index contributed by atoms with van der Waals surface area (Å²) in [6.45, 7) is 45.4. The number of benzene rings is 8. The molecule has 0 aliphatic heterocycles. The minimum Gasteiger partial charge on any atom is -0.481 e. The number of ether oxygens (including phenoxy) is 1. The average molecular weight is 1910 g/mol. The molecule has 0 amide bonds. The van der Waals surface area contributed by atoms with Crippen molar-refractivity contribution < 1.29 is 13.5 Å². The molecule has 16 aromatic rings. The molecule has 0 saturated carbocycles. The maximum atomic E-state index is 13.5. The molecule has 0 atom stereocenters. The van der Waals surface area contributed by atoms with Crippen LogP contribution in [0.3, 0.4) is 0 Å². The van der Waals surface area contributed by atoms with Crippen LogP contribution in [0.25, 0.3) is 0 Å². The molecular weight excluding hydrogens is 1770 g/mol. The first-order valence-corrected chi connectivity index (χ1v) is 48.4. The minimum atomic E-state index is -0.504. The first-order valence-electron chi connectivity index (χ1n) is 48.0. The Hall–Kier alpha value is -14.2. The highest BCUT2D eigenvalue weighted by Crippen LogP contribution is 2.25. The first kappa shape index (κ1) is 109. The predicted molar refractivity (Wildman–Crippen MR) is 569 cm³/mol. The minimum absolute atomic E-state index is 0.0421. The van der Waals surface area contributed by atoms with E-state index in [-0.39, 0.29) is 39.9 Å². The molecule has 140 heavy (non-hydrogen) atoms. The van der Waals surface area contributed by atoms with Crippen molar-refractivity contribution in [2.24, 2.45) is 0 Å². The number of nitrogens with zero attached hydrogens (tertiary/aromatic N) is 11. The molecule has 0 aliphatic carbocycles. The monoisotopic (exact) mass is 1910 g/mol. The average Bonchev–Trinajstić information content (AvgIpc) is 1.64. The Morgan fingerprint density at radius 3 is 1.01 bits per heavy atom. The fraction of sp³-hybridized carbons (Fsp3) is 0.303. The summed E-state index contributed by atoms with van der Waals surface area (Å²) in [5.41, 5.74) is 22.2. The summed E-state index contributed by atoms with van der Waals surface area (Å²) in [5.74, 6) is 4.19. The smallest absolute Gasteiger partial charge is 0.269 e. The number of aromatic nitrogens is 11. The molecule has 0 aliphatic rings. The summed E-state index contributed by atoms with van der Waals surface area (Å²) in [4.78, 5) is 73.4. The molecule has 732 valence electrons. The van der Waals surface area contributed by atoms with Gasteiger partial charge in [0.15, 0.2) is 5.95 Å². The first-order chi connectivity index (χ1) is 66.9. The van der Waals surface area contributed by atoms with Gasteiger partial charge in [-0.25, -0.2) is 9.07 Å². The van der Waals surface area contributed by atoms with Gasteiger partial charge in [0, 0.05) is 73.1 Å². The van der Waals surface area contributed by atoms with E-state index in [0.717, 1.165) is 68.0 Å². The second-order valence-electron chi connectivity index (χ2n) is 37.6. The van der Waals surface area contributed by atoms with Gasteiger partial charge in [0.2, 0.25) is 5.88 Å². The van der Waals surface area contributed by atoms with Crippen molar-refractivity contribution in [3.05, 3.63) is 514 Å². The highest BCUT2D eigenvalue weighted by molar-refractivity contribution is 6.29. The van der Waals surface area contributed by atoms with Crippen molar-refractivity contribution in [1.82, 2.24) is 51.9 Å². The van der Waals surface area contributed by atoms with Gasteiger partial charge in [0.1, 0.15) is 11.0 Å². The fourth-order valence-corrected chi connectivity index (χ4v) is 14.9. The van der Waals surface area contributed by atoms with E-state index in [9.17, 15) is 37.5 Å². The molecule has 0 unspecified atom stereocenters. The molecule has 0 saturated heterocycles. The molecule has 0 fully saturated rings. The highest BCUT2D eigenvalue weighted by Gasteiger charge is 2.14. The standard InChI is InChI=1S/C16H19NO.C15H16ClNO.2C15H16FNO.C15H20N2O.C15H17NO.C14H16N2O.C14H18N2/c1-12(2)15-6-4-14(5-7-15)11-17-9-8-13(3)10-16(17)18;1-11(2)13-8-6-12(7-9-13)10-17-14(16)4-3-5-15(17)18;1-11(2)13-5-3-12(4-6-13)9-17-10-14(16)7-8-15(17)18;1-11(2)13-8-6-12(7-9-13)10-17-14(16)4-3-5-15(17)18;1-11(2)14-7-5-13(6-8-14)10-17-15(18-4)12(3)9-16-17;1-12(2)14-8-6-13(7-9-14)11-16-10-4-3-5-15(16)17;1-11(2)13-5-3-12(4-6-13)10-16-8-7-15-9-14(16)17;1-11(2)14-6-4-13(5-7-14)10-16-9-12(3)8-15-16/h4-10,12H,11H2,1-3H3;3-9,11H,10H2,1-2H3;3-8,10-11H,9H2,1-2H3;3-9,11H,10H2,1-2H3;5-9,11H,10H2,1-4H3;3-10,12H,11H2,1-2H3;3-9,11H,10H2,1-2H3;4-9,11H,10H2,1-3H3. The van der Waals surface area contributed by atoms with Crippen LogP contribution in [-0.4, -0.2) is 59.1 Å². The maximum Gasteiger partial charge on any atom is 0.269 e. The van der Waals surface area contributed by atoms with Crippen molar-refractivity contribution >= 4 is 11.6 Å². The van der Waals surface area contributed by atoms with E-state index in [2.05, 4.69) is 273 Å². The van der Waals surface area contributed by atoms with Crippen molar-refractivity contribution in [2.75, 3.05) is 7.11 Å². The largest absolute Gasteiger partial charge is 0.481 e. The molecule has 0 spiro atoms. The van der Waals surface area contributed by atoms with Crippen LogP contribution in [0.15, 0.2) is 358 Å². The molecule has 8 aromatic carbocycles. The van der Waals surface area contributed by atoms with Crippen LogP contribution in [-0.2, 0) is 52.4 Å². The van der Waals surface area contributed by atoms with E-state index >= 15 is 0 Å². The van der Waals surface area contributed by atoms with E-state index in [4.69, 9.17) is 16.3 Å². The number of methoxy groups -OCH3 is 1. The molecule has 18 nitrogen and oxygen atoms in total. The van der Waals surface area contributed by atoms with Gasteiger partial charge in [0.05, 0.1) is 78.1 Å². The maximum absolute atomic E-state index is 13.5. The molecule has 0 bridgehead atoms. The van der Waals surface area contributed by atoms with Gasteiger partial charge >= 0.3 is 0 Å². The van der Waals surface area contributed by atoms with Gasteiger partial charge in [-0.05, 0) is 199 Å². The summed E-state index contributed by atoms with van der Waals surface area (Å²) >= 11 is 6.02. The summed E-state index contributed by atoms with van der Waals surface area (Å²) < 4.78 is 44.9. The van der Waals surface area contributed by atoms with E-state index in [1.165, 1.54) is 115 Å². The number of hydrogen-bond donors (Lipinski definition) is 0. The second kappa shape index (κ2) is 54.8. The number of halogens is 3. The van der Waals surface area contributed by atoms with Gasteiger partial charge < -0.3 is 23.0 Å². The molecule has 8 heterocycles. The highest BCUT2D eigenvalue weighted by atomic mass is 35.5. The normalized spacial score (nSPS) is 10.9. The van der Waals surface area contributed by atoms with E-state index < -0.39 is 11.8 Å². The van der Waals surface area contributed by atoms with Gasteiger partial charge in [-0.15, -0.1) is 0 Å². The van der Waals surface area contributed by atoms with Crippen LogP contribution in [0.5, 0.6) is 5.88 Å². The lowest BCUT2D eigenvalue weighted by Gasteiger charge is -2.10. The molecule has 0 radical (unpaired) electrons. The zero-order valence-corrected chi connectivity index (χ0v) is 85.6. The fourth-order valence-electron chi connectivity index (χ4n) is 14.7. The molecular formula is C119H138ClF2N11O7.